The van der Waals surface area contributed by atoms with Gasteiger partial charge in [-0.3, -0.25) is 4.79 Å². The quantitative estimate of drug-likeness (QED) is 0.868. The van der Waals surface area contributed by atoms with Crippen LogP contribution >= 0.6 is 0 Å². The first-order valence-corrected chi connectivity index (χ1v) is 6.80. The molecule has 0 unspecified atom stereocenters. The van der Waals surface area contributed by atoms with Crippen molar-refractivity contribution in [2.24, 2.45) is 11.7 Å². The number of carbonyl (C=O) groups excluding carboxylic acids is 1. The SMILES string of the molecule is CC(C)[C@H](N)C(=O)N1CCc2ccccc2[C@H]1C(=O)O. The monoisotopic (exact) mass is 276 g/mol. The van der Waals surface area contributed by atoms with E-state index in [4.69, 9.17) is 5.73 Å². The summed E-state index contributed by atoms with van der Waals surface area (Å²) in [5.74, 6) is -1.32. The first-order valence-electron chi connectivity index (χ1n) is 6.80. The Morgan fingerprint density at radius 1 is 1.35 bits per heavy atom. The number of rotatable bonds is 3. The number of hydrogen-bond acceptors (Lipinski definition) is 3. The fourth-order valence-corrected chi connectivity index (χ4v) is 2.55. The van der Waals surface area contributed by atoms with Crippen LogP contribution in [0, 0.1) is 5.92 Å². The highest BCUT2D eigenvalue weighted by Crippen LogP contribution is 2.30. The van der Waals surface area contributed by atoms with Gasteiger partial charge >= 0.3 is 5.97 Å². The lowest BCUT2D eigenvalue weighted by atomic mass is 9.91. The summed E-state index contributed by atoms with van der Waals surface area (Å²) in [4.78, 5) is 25.4. The van der Waals surface area contributed by atoms with Gasteiger partial charge in [-0.25, -0.2) is 4.79 Å². The van der Waals surface area contributed by atoms with Crippen LogP contribution in [0.25, 0.3) is 0 Å². The Hall–Kier alpha value is -1.88. The maximum Gasteiger partial charge on any atom is 0.331 e. The summed E-state index contributed by atoms with van der Waals surface area (Å²) >= 11 is 0. The van der Waals surface area contributed by atoms with Gasteiger partial charge < -0.3 is 15.7 Å². The van der Waals surface area contributed by atoms with Crippen LogP contribution in [-0.4, -0.2) is 34.5 Å². The van der Waals surface area contributed by atoms with E-state index in [0.29, 0.717) is 18.5 Å². The van der Waals surface area contributed by atoms with E-state index in [2.05, 4.69) is 0 Å². The molecule has 1 aromatic carbocycles. The van der Waals surface area contributed by atoms with E-state index < -0.39 is 18.1 Å². The van der Waals surface area contributed by atoms with Gasteiger partial charge in [-0.1, -0.05) is 38.1 Å². The molecule has 0 saturated heterocycles. The topological polar surface area (TPSA) is 83.6 Å². The van der Waals surface area contributed by atoms with Crippen molar-refractivity contribution in [3.63, 3.8) is 0 Å². The molecule has 0 aromatic heterocycles. The molecule has 0 spiro atoms. The van der Waals surface area contributed by atoms with Crippen LogP contribution in [0.5, 0.6) is 0 Å². The van der Waals surface area contributed by atoms with E-state index in [-0.39, 0.29) is 11.8 Å². The number of hydrogen-bond donors (Lipinski definition) is 2. The molecular weight excluding hydrogens is 256 g/mol. The zero-order valence-electron chi connectivity index (χ0n) is 11.7. The molecule has 0 radical (unpaired) electrons. The van der Waals surface area contributed by atoms with Gasteiger partial charge in [0.15, 0.2) is 6.04 Å². The summed E-state index contributed by atoms with van der Waals surface area (Å²) in [6.07, 6.45) is 0.663. The molecule has 5 nitrogen and oxygen atoms in total. The third-order valence-electron chi connectivity index (χ3n) is 3.80. The van der Waals surface area contributed by atoms with Crippen LogP contribution in [0.3, 0.4) is 0 Å². The number of carbonyl (C=O) groups is 2. The largest absolute Gasteiger partial charge is 0.479 e. The molecule has 1 aromatic rings. The Bertz CT molecular complexity index is 528. The summed E-state index contributed by atoms with van der Waals surface area (Å²) in [6.45, 7) is 4.11. The van der Waals surface area contributed by atoms with Gasteiger partial charge in [0.2, 0.25) is 5.91 Å². The minimum atomic E-state index is -1.01. The van der Waals surface area contributed by atoms with Crippen molar-refractivity contribution >= 4 is 11.9 Å². The minimum Gasteiger partial charge on any atom is -0.479 e. The maximum absolute atomic E-state index is 12.4. The van der Waals surface area contributed by atoms with Crippen molar-refractivity contribution in [3.05, 3.63) is 35.4 Å². The molecule has 1 aliphatic rings. The van der Waals surface area contributed by atoms with Gasteiger partial charge in [0.25, 0.3) is 0 Å². The summed E-state index contributed by atoms with van der Waals surface area (Å²) < 4.78 is 0. The van der Waals surface area contributed by atoms with Crippen molar-refractivity contribution in [1.29, 1.82) is 0 Å². The summed E-state index contributed by atoms with van der Waals surface area (Å²) in [6, 6.07) is 5.77. The molecule has 2 atom stereocenters. The molecule has 1 aliphatic heterocycles. The van der Waals surface area contributed by atoms with Gasteiger partial charge in [-0.05, 0) is 23.5 Å². The Labute approximate surface area is 118 Å². The molecular formula is C15H20N2O3. The number of aliphatic carboxylic acids is 1. The third-order valence-corrected chi connectivity index (χ3v) is 3.80. The molecule has 0 saturated carbocycles. The van der Waals surface area contributed by atoms with Gasteiger partial charge in [0.05, 0.1) is 6.04 Å². The average Bonchev–Trinajstić information content (AvgIpc) is 2.44. The zero-order valence-corrected chi connectivity index (χ0v) is 11.7. The number of nitrogens with zero attached hydrogens (tertiary/aromatic N) is 1. The zero-order chi connectivity index (χ0) is 14.9. The van der Waals surface area contributed by atoms with E-state index in [1.165, 1.54) is 4.90 Å². The van der Waals surface area contributed by atoms with Crippen molar-refractivity contribution in [3.8, 4) is 0 Å². The molecule has 1 heterocycles. The molecule has 1 amide bonds. The lowest BCUT2D eigenvalue weighted by Gasteiger charge is -2.36. The van der Waals surface area contributed by atoms with Crippen molar-refractivity contribution in [1.82, 2.24) is 4.90 Å². The summed E-state index contributed by atoms with van der Waals surface area (Å²) in [5.41, 5.74) is 7.57. The highest BCUT2D eigenvalue weighted by atomic mass is 16.4. The third kappa shape index (κ3) is 2.54. The van der Waals surface area contributed by atoms with Crippen molar-refractivity contribution < 1.29 is 14.7 Å². The number of carboxylic acids is 1. The van der Waals surface area contributed by atoms with E-state index in [0.717, 1.165) is 5.56 Å². The second kappa shape index (κ2) is 5.63. The Morgan fingerprint density at radius 2 is 2.00 bits per heavy atom. The Morgan fingerprint density at radius 3 is 2.60 bits per heavy atom. The number of nitrogens with two attached hydrogens (primary N) is 1. The van der Waals surface area contributed by atoms with Gasteiger partial charge in [-0.2, -0.15) is 0 Å². The second-order valence-corrected chi connectivity index (χ2v) is 5.49. The first kappa shape index (κ1) is 14.5. The molecule has 108 valence electrons. The van der Waals surface area contributed by atoms with Crippen LogP contribution in [0.15, 0.2) is 24.3 Å². The van der Waals surface area contributed by atoms with Crippen LogP contribution in [0.2, 0.25) is 0 Å². The molecule has 20 heavy (non-hydrogen) atoms. The molecule has 3 N–H and O–H groups in total. The molecule has 0 aliphatic carbocycles. The first-order chi connectivity index (χ1) is 9.43. The van der Waals surface area contributed by atoms with E-state index in [9.17, 15) is 14.7 Å². The number of fused-ring (bicyclic) bond motifs is 1. The predicted octanol–water partition coefficient (Wildman–Crippen LogP) is 1.18. The van der Waals surface area contributed by atoms with Crippen LogP contribution in [0.1, 0.15) is 31.0 Å². The molecule has 0 fully saturated rings. The number of benzene rings is 1. The van der Waals surface area contributed by atoms with Crippen molar-refractivity contribution in [2.75, 3.05) is 6.54 Å². The van der Waals surface area contributed by atoms with Gasteiger partial charge in [0, 0.05) is 6.54 Å². The van der Waals surface area contributed by atoms with Crippen molar-refractivity contribution in [2.45, 2.75) is 32.4 Å². The smallest absolute Gasteiger partial charge is 0.331 e. The standard InChI is InChI=1S/C15H20N2O3/c1-9(2)12(16)14(18)17-8-7-10-5-3-4-6-11(10)13(17)15(19)20/h3-6,9,12-13H,7-8,16H2,1-2H3,(H,19,20)/t12-,13-/m0/s1. The summed E-state index contributed by atoms with van der Waals surface area (Å²) in [5, 5.41) is 9.49. The number of carboxylic acid groups (broad SMARTS) is 1. The molecule has 0 bridgehead atoms. The number of amides is 1. The molecule has 5 heteroatoms. The second-order valence-electron chi connectivity index (χ2n) is 5.49. The normalized spacial score (nSPS) is 19.6. The highest BCUT2D eigenvalue weighted by Gasteiger charge is 2.37. The van der Waals surface area contributed by atoms with Gasteiger partial charge in [0.1, 0.15) is 0 Å². The fourth-order valence-electron chi connectivity index (χ4n) is 2.55. The van der Waals surface area contributed by atoms with Crippen LogP contribution in [0.4, 0.5) is 0 Å². The van der Waals surface area contributed by atoms with E-state index in [1.807, 2.05) is 26.0 Å². The van der Waals surface area contributed by atoms with E-state index >= 15 is 0 Å². The summed E-state index contributed by atoms with van der Waals surface area (Å²) in [7, 11) is 0. The Kier molecular flexibility index (Phi) is 4.09. The minimum absolute atomic E-state index is 0.0193. The van der Waals surface area contributed by atoms with Crippen LogP contribution in [-0.2, 0) is 16.0 Å². The highest BCUT2D eigenvalue weighted by molar-refractivity contribution is 5.88. The lowest BCUT2D eigenvalue weighted by molar-refractivity contribution is -0.152. The lowest BCUT2D eigenvalue weighted by Crippen LogP contribution is -2.51. The Balaban J connectivity index is 2.36. The van der Waals surface area contributed by atoms with E-state index in [1.54, 1.807) is 12.1 Å². The van der Waals surface area contributed by atoms with Gasteiger partial charge in [-0.15, -0.1) is 0 Å². The maximum atomic E-state index is 12.4. The van der Waals surface area contributed by atoms with Crippen LogP contribution < -0.4 is 5.73 Å². The predicted molar refractivity (Wildman–Crippen MR) is 75.0 cm³/mol. The fraction of sp³-hybridized carbons (Fsp3) is 0.467. The average molecular weight is 276 g/mol. The molecule has 2 rings (SSSR count).